The van der Waals surface area contributed by atoms with Crippen molar-refractivity contribution in [2.75, 3.05) is 17.6 Å². The van der Waals surface area contributed by atoms with Crippen molar-refractivity contribution in [3.05, 3.63) is 30.3 Å². The molecule has 3 rings (SSSR count). The second-order valence-electron chi connectivity index (χ2n) is 5.01. The van der Waals surface area contributed by atoms with E-state index in [-0.39, 0.29) is 0 Å². The molecule has 1 aliphatic heterocycles. The van der Waals surface area contributed by atoms with Crippen LogP contribution in [0.25, 0.3) is 5.69 Å². The quantitative estimate of drug-likeness (QED) is 0.928. The van der Waals surface area contributed by atoms with Gasteiger partial charge in [-0.2, -0.15) is 16.4 Å². The number of nitrogens with one attached hydrogen (secondary N) is 1. The molecule has 1 saturated heterocycles. The maximum Gasteiger partial charge on any atom is 0.247 e. The lowest BCUT2D eigenvalue weighted by molar-refractivity contribution is 0.631. The van der Waals surface area contributed by atoms with Gasteiger partial charge in [-0.05, 0) is 48.1 Å². The Balaban J connectivity index is 1.74. The Bertz CT molecular complexity index is 533. The fraction of sp³-hybridized carbons (Fsp3) is 0.462. The van der Waals surface area contributed by atoms with Gasteiger partial charge >= 0.3 is 0 Å². The van der Waals surface area contributed by atoms with E-state index in [1.807, 2.05) is 42.1 Å². The summed E-state index contributed by atoms with van der Waals surface area (Å²) in [7, 11) is 0. The van der Waals surface area contributed by atoms with E-state index in [1.54, 1.807) is 4.68 Å². The number of rotatable bonds is 4. The largest absolute Gasteiger partial charge is 0.351 e. The van der Waals surface area contributed by atoms with Crippen LogP contribution >= 0.6 is 11.8 Å². The minimum absolute atomic E-state index is 0.299. The highest BCUT2D eigenvalue weighted by Gasteiger charge is 2.29. The lowest BCUT2D eigenvalue weighted by Crippen LogP contribution is -2.28. The van der Waals surface area contributed by atoms with Crippen LogP contribution in [0.3, 0.4) is 0 Å². The predicted molar refractivity (Wildman–Crippen MR) is 77.7 cm³/mol. The Hall–Kier alpha value is -1.56. The third-order valence-electron chi connectivity index (χ3n) is 3.39. The number of aromatic nitrogens is 4. The molecule has 0 bridgehead atoms. The summed E-state index contributed by atoms with van der Waals surface area (Å²) in [4.78, 5) is 0. The van der Waals surface area contributed by atoms with Gasteiger partial charge in [0.1, 0.15) is 0 Å². The molecule has 100 valence electrons. The molecule has 6 heteroatoms. The van der Waals surface area contributed by atoms with Crippen LogP contribution in [0.4, 0.5) is 5.95 Å². The van der Waals surface area contributed by atoms with E-state index in [0.717, 1.165) is 12.2 Å². The maximum atomic E-state index is 4.07. The second kappa shape index (κ2) is 5.21. The maximum absolute atomic E-state index is 4.07. The van der Waals surface area contributed by atoms with E-state index in [1.165, 1.54) is 18.6 Å². The molecule has 0 amide bonds. The number of tetrazole rings is 1. The Labute approximate surface area is 116 Å². The van der Waals surface area contributed by atoms with Gasteiger partial charge in [-0.25, -0.2) is 0 Å². The van der Waals surface area contributed by atoms with Crippen LogP contribution < -0.4 is 5.32 Å². The van der Waals surface area contributed by atoms with Crippen LogP contribution in [0.1, 0.15) is 19.8 Å². The first kappa shape index (κ1) is 12.5. The first-order valence-electron chi connectivity index (χ1n) is 6.48. The molecule has 0 saturated carbocycles. The molecule has 1 fully saturated rings. The minimum Gasteiger partial charge on any atom is -0.351 e. The fourth-order valence-corrected chi connectivity index (χ4v) is 3.53. The van der Waals surface area contributed by atoms with Crippen molar-refractivity contribution < 1.29 is 0 Å². The average molecular weight is 275 g/mol. The standard InChI is InChI=1S/C13H17N5S/c1-13(8-5-9-19-13)10-14-12-15-16-17-18(12)11-6-3-2-4-7-11/h2-4,6-7H,5,8-10H2,1H3,(H,14,15,17). The first-order valence-corrected chi connectivity index (χ1v) is 7.47. The topological polar surface area (TPSA) is 55.6 Å². The Kier molecular flexibility index (Phi) is 3.42. The molecule has 0 aliphatic carbocycles. The van der Waals surface area contributed by atoms with Gasteiger partial charge in [-0.3, -0.25) is 0 Å². The van der Waals surface area contributed by atoms with Gasteiger partial charge in [0, 0.05) is 11.3 Å². The second-order valence-corrected chi connectivity index (χ2v) is 6.69. The molecule has 5 nitrogen and oxygen atoms in total. The van der Waals surface area contributed by atoms with Gasteiger partial charge in [0.25, 0.3) is 0 Å². The smallest absolute Gasteiger partial charge is 0.247 e. The summed E-state index contributed by atoms with van der Waals surface area (Å²) in [6.07, 6.45) is 2.55. The number of anilines is 1. The highest BCUT2D eigenvalue weighted by molar-refractivity contribution is 8.00. The molecule has 2 heterocycles. The highest BCUT2D eigenvalue weighted by Crippen LogP contribution is 2.37. The summed E-state index contributed by atoms with van der Waals surface area (Å²) in [6.45, 7) is 3.19. The molecule has 1 aliphatic rings. The summed E-state index contributed by atoms with van der Waals surface area (Å²) in [5.41, 5.74) is 0.972. The molecule has 19 heavy (non-hydrogen) atoms. The van der Waals surface area contributed by atoms with Crippen LogP contribution in [-0.4, -0.2) is 37.3 Å². The van der Waals surface area contributed by atoms with Crippen LogP contribution in [0.15, 0.2) is 30.3 Å². The van der Waals surface area contributed by atoms with E-state index in [9.17, 15) is 0 Å². The number of nitrogens with zero attached hydrogens (tertiary/aromatic N) is 4. The van der Waals surface area contributed by atoms with Crippen molar-refractivity contribution in [2.24, 2.45) is 0 Å². The SMILES string of the molecule is CC1(CNc2nnnn2-c2ccccc2)CCCS1. The van der Waals surface area contributed by atoms with Crippen molar-refractivity contribution in [3.8, 4) is 5.69 Å². The molecule has 1 unspecified atom stereocenters. The van der Waals surface area contributed by atoms with E-state index >= 15 is 0 Å². The lowest BCUT2D eigenvalue weighted by atomic mass is 10.1. The molecule has 1 aromatic heterocycles. The lowest BCUT2D eigenvalue weighted by Gasteiger charge is -2.22. The third-order valence-corrected chi connectivity index (χ3v) is 4.93. The van der Waals surface area contributed by atoms with Gasteiger partial charge in [-0.1, -0.05) is 23.3 Å². The summed E-state index contributed by atoms with van der Waals surface area (Å²) in [5, 5.41) is 15.2. The van der Waals surface area contributed by atoms with Crippen molar-refractivity contribution in [3.63, 3.8) is 0 Å². The summed E-state index contributed by atoms with van der Waals surface area (Å²) < 4.78 is 2.04. The van der Waals surface area contributed by atoms with Crippen LogP contribution in [0.2, 0.25) is 0 Å². The summed E-state index contributed by atoms with van der Waals surface area (Å²) >= 11 is 2.03. The number of hydrogen-bond acceptors (Lipinski definition) is 5. The number of para-hydroxylation sites is 1. The van der Waals surface area contributed by atoms with Crippen molar-refractivity contribution in [1.29, 1.82) is 0 Å². The van der Waals surface area contributed by atoms with Gasteiger partial charge < -0.3 is 5.32 Å². The Morgan fingerprint density at radius 3 is 2.95 bits per heavy atom. The Morgan fingerprint density at radius 1 is 1.37 bits per heavy atom. The molecule has 1 N–H and O–H groups in total. The van der Waals surface area contributed by atoms with Gasteiger partial charge in [0.2, 0.25) is 5.95 Å². The normalized spacial score (nSPS) is 22.6. The highest BCUT2D eigenvalue weighted by atomic mass is 32.2. The van der Waals surface area contributed by atoms with E-state index in [4.69, 9.17) is 0 Å². The van der Waals surface area contributed by atoms with E-state index in [2.05, 4.69) is 27.8 Å². The summed E-state index contributed by atoms with van der Waals surface area (Å²) in [6, 6.07) is 9.93. The number of hydrogen-bond donors (Lipinski definition) is 1. The van der Waals surface area contributed by atoms with Crippen molar-refractivity contribution in [1.82, 2.24) is 20.2 Å². The molecule has 1 atom stereocenters. The Morgan fingerprint density at radius 2 is 2.21 bits per heavy atom. The first-order chi connectivity index (χ1) is 9.27. The molecule has 1 aromatic carbocycles. The molecule has 2 aromatic rings. The van der Waals surface area contributed by atoms with Crippen molar-refractivity contribution in [2.45, 2.75) is 24.5 Å². The van der Waals surface area contributed by atoms with Crippen LogP contribution in [0, 0.1) is 0 Å². The minimum atomic E-state index is 0.299. The third kappa shape index (κ3) is 2.73. The zero-order chi connectivity index (χ0) is 13.1. The predicted octanol–water partition coefficient (Wildman–Crippen LogP) is 2.36. The monoisotopic (exact) mass is 275 g/mol. The summed E-state index contributed by atoms with van der Waals surface area (Å²) in [5.74, 6) is 1.96. The van der Waals surface area contributed by atoms with Crippen molar-refractivity contribution >= 4 is 17.7 Å². The molecular weight excluding hydrogens is 258 g/mol. The zero-order valence-electron chi connectivity index (χ0n) is 10.9. The van der Waals surface area contributed by atoms with Gasteiger partial charge in [-0.15, -0.1) is 0 Å². The van der Waals surface area contributed by atoms with E-state index in [0.29, 0.717) is 10.7 Å². The van der Waals surface area contributed by atoms with Crippen LogP contribution in [0.5, 0.6) is 0 Å². The molecule has 0 spiro atoms. The molecule has 0 radical (unpaired) electrons. The van der Waals surface area contributed by atoms with Gasteiger partial charge in [0.05, 0.1) is 5.69 Å². The number of thioether (sulfide) groups is 1. The van der Waals surface area contributed by atoms with Gasteiger partial charge in [0.15, 0.2) is 0 Å². The van der Waals surface area contributed by atoms with E-state index < -0.39 is 0 Å². The average Bonchev–Trinajstić information content (AvgIpc) is 3.07. The fourth-order valence-electron chi connectivity index (χ4n) is 2.28. The zero-order valence-corrected chi connectivity index (χ0v) is 11.7. The molecular formula is C13H17N5S. The van der Waals surface area contributed by atoms with Crippen LogP contribution in [-0.2, 0) is 0 Å². The number of benzene rings is 1.